The van der Waals surface area contributed by atoms with Crippen molar-refractivity contribution in [1.29, 1.82) is 0 Å². The molecule has 0 aromatic carbocycles. The van der Waals surface area contributed by atoms with Crippen LogP contribution in [0.4, 0.5) is 8.78 Å². The average Bonchev–Trinajstić information content (AvgIpc) is 1.31. The van der Waals surface area contributed by atoms with E-state index in [1.54, 1.807) is 0 Å². The van der Waals surface area contributed by atoms with E-state index in [2.05, 4.69) is 0 Å². The average molecular weight is 214 g/mol. The van der Waals surface area contributed by atoms with Gasteiger partial charge in [0.25, 0.3) is 0 Å². The molecule has 0 bridgehead atoms. The zero-order valence-corrected chi connectivity index (χ0v) is 6.07. The van der Waals surface area contributed by atoms with Crippen LogP contribution in [0.3, 0.4) is 0 Å². The quantitative estimate of drug-likeness (QED) is 0.588. The van der Waals surface area contributed by atoms with Gasteiger partial charge in [-0.3, -0.25) is 0 Å². The Kier molecular flexibility index (Phi) is 2.79. The Labute approximate surface area is 57.9 Å². The van der Waals surface area contributed by atoms with Crippen LogP contribution in [0.1, 0.15) is 0 Å². The number of hydrogen-bond donors (Lipinski definition) is 0. The van der Waals surface area contributed by atoms with Gasteiger partial charge in [0.2, 0.25) is 0 Å². The molecule has 0 radical (unpaired) electrons. The molecule has 0 aromatic rings. The van der Waals surface area contributed by atoms with Crippen LogP contribution >= 0.6 is 39.1 Å². The van der Waals surface area contributed by atoms with Gasteiger partial charge >= 0.3 is 4.83 Å². The van der Waals surface area contributed by atoms with Gasteiger partial charge < -0.3 is 0 Å². The van der Waals surface area contributed by atoms with Crippen molar-refractivity contribution in [2.45, 2.75) is 9.67 Å². The second-order valence-electron chi connectivity index (χ2n) is 0.842. The Balaban J connectivity index is 3.54. The number of halogens is 5. The normalized spacial score (nSPS) is 12.9. The summed E-state index contributed by atoms with van der Waals surface area (Å²) in [7, 11) is 0. The van der Waals surface area contributed by atoms with E-state index < -0.39 is 9.67 Å². The lowest BCUT2D eigenvalue weighted by molar-refractivity contribution is 0.131. The molecule has 0 aromatic heterocycles. The van der Waals surface area contributed by atoms with Crippen molar-refractivity contribution >= 4 is 39.1 Å². The first-order valence-corrected chi connectivity index (χ1v) is 2.96. The fourth-order valence-electron chi connectivity index (χ4n) is 0. The highest BCUT2D eigenvalue weighted by molar-refractivity contribution is 9.10. The maximum Gasteiger partial charge on any atom is 0.330 e. The van der Waals surface area contributed by atoms with Gasteiger partial charge in [-0.2, -0.15) is 8.78 Å². The first kappa shape index (κ1) is 7.92. The Morgan fingerprint density at radius 2 is 1.57 bits per heavy atom. The lowest BCUT2D eigenvalue weighted by Gasteiger charge is -2.05. The van der Waals surface area contributed by atoms with Crippen molar-refractivity contribution in [2.24, 2.45) is 0 Å². The Morgan fingerprint density at radius 3 is 1.57 bits per heavy atom. The molecule has 0 nitrogen and oxygen atoms in total. The molecule has 0 heterocycles. The lowest BCUT2D eigenvalue weighted by atomic mass is 10.8. The summed E-state index contributed by atoms with van der Waals surface area (Å²) in [6.07, 6.45) is 0. The molecular formula is C2HBrCl2F2. The van der Waals surface area contributed by atoms with Crippen LogP contribution in [-0.2, 0) is 0 Å². The highest BCUT2D eigenvalue weighted by atomic mass is 79.9. The van der Waals surface area contributed by atoms with Gasteiger partial charge in [-0.25, -0.2) is 0 Å². The second kappa shape index (κ2) is 2.46. The summed E-state index contributed by atoms with van der Waals surface area (Å²) in [5, 5.41) is 0. The molecule has 0 saturated heterocycles. The molecule has 0 rings (SSSR count). The molecule has 44 valence electrons. The summed E-state index contributed by atoms with van der Waals surface area (Å²) < 4.78 is 23.0. The molecular weight excluding hydrogens is 213 g/mol. The predicted molar refractivity (Wildman–Crippen MR) is 29.4 cm³/mol. The molecule has 0 aliphatic carbocycles. The van der Waals surface area contributed by atoms with Crippen molar-refractivity contribution in [3.05, 3.63) is 0 Å². The van der Waals surface area contributed by atoms with Crippen molar-refractivity contribution in [2.75, 3.05) is 0 Å². The molecule has 5 heteroatoms. The maximum absolute atomic E-state index is 11.5. The van der Waals surface area contributed by atoms with Crippen molar-refractivity contribution in [3.63, 3.8) is 0 Å². The highest BCUT2D eigenvalue weighted by Gasteiger charge is 2.32. The first-order chi connectivity index (χ1) is 2.94. The molecule has 0 aliphatic heterocycles. The van der Waals surface area contributed by atoms with Crippen molar-refractivity contribution in [3.8, 4) is 0 Å². The summed E-state index contributed by atoms with van der Waals surface area (Å²) in [6.45, 7) is 0. The minimum Gasteiger partial charge on any atom is -0.191 e. The summed E-state index contributed by atoms with van der Waals surface area (Å²) in [6, 6.07) is 0. The maximum atomic E-state index is 11.5. The molecule has 0 amide bonds. The number of alkyl halides is 5. The predicted octanol–water partition coefficient (Wildman–Crippen LogP) is 2.78. The van der Waals surface area contributed by atoms with E-state index in [1.807, 2.05) is 15.9 Å². The number of rotatable bonds is 1. The van der Waals surface area contributed by atoms with E-state index in [4.69, 9.17) is 23.2 Å². The first-order valence-electron chi connectivity index (χ1n) is 1.29. The third-order valence-electron chi connectivity index (χ3n) is 0.247. The van der Waals surface area contributed by atoms with Gasteiger partial charge in [0.05, 0.1) is 0 Å². The fraction of sp³-hybridized carbons (Fsp3) is 1.00. The Morgan fingerprint density at radius 1 is 1.43 bits per heavy atom. The largest absolute Gasteiger partial charge is 0.330 e. The van der Waals surface area contributed by atoms with Crippen molar-refractivity contribution in [1.82, 2.24) is 0 Å². The minimum atomic E-state index is -3.16. The topological polar surface area (TPSA) is 0 Å². The molecule has 0 N–H and O–H groups in total. The monoisotopic (exact) mass is 212 g/mol. The van der Waals surface area contributed by atoms with E-state index >= 15 is 0 Å². The zero-order chi connectivity index (χ0) is 6.08. The van der Waals surface area contributed by atoms with Crippen LogP contribution in [0.15, 0.2) is 0 Å². The highest BCUT2D eigenvalue weighted by Crippen LogP contribution is 2.32. The Hall–Kier alpha value is 0.920. The molecule has 0 aliphatic rings. The van der Waals surface area contributed by atoms with E-state index in [1.165, 1.54) is 0 Å². The van der Waals surface area contributed by atoms with Crippen LogP contribution in [0.2, 0.25) is 0 Å². The van der Waals surface area contributed by atoms with Gasteiger partial charge in [0.15, 0.2) is 4.84 Å². The van der Waals surface area contributed by atoms with Gasteiger partial charge in [0.1, 0.15) is 0 Å². The molecule has 0 saturated carbocycles. The summed E-state index contributed by atoms with van der Waals surface area (Å²) >= 11 is 11.4. The molecule has 0 spiro atoms. The van der Waals surface area contributed by atoms with E-state index in [9.17, 15) is 8.78 Å². The molecule has 0 unspecified atom stereocenters. The summed E-state index contributed by atoms with van der Waals surface area (Å²) in [4.78, 5) is -4.83. The van der Waals surface area contributed by atoms with Crippen LogP contribution < -0.4 is 0 Å². The summed E-state index contributed by atoms with van der Waals surface area (Å²) in [5.41, 5.74) is 0. The molecule has 7 heavy (non-hydrogen) atoms. The van der Waals surface area contributed by atoms with Crippen LogP contribution in [-0.4, -0.2) is 9.67 Å². The molecule has 0 fully saturated rings. The van der Waals surface area contributed by atoms with Gasteiger partial charge in [-0.05, 0) is 15.9 Å². The number of hydrogen-bond acceptors (Lipinski definition) is 0. The van der Waals surface area contributed by atoms with E-state index in [0.29, 0.717) is 0 Å². The SMILES string of the molecule is FC(F)(Br)C(Cl)Cl. The third-order valence-corrected chi connectivity index (χ3v) is 1.78. The van der Waals surface area contributed by atoms with Gasteiger partial charge in [-0.15, -0.1) is 0 Å². The smallest absolute Gasteiger partial charge is 0.191 e. The fourth-order valence-corrected chi connectivity index (χ4v) is 0. The third kappa shape index (κ3) is 3.50. The van der Waals surface area contributed by atoms with E-state index in [-0.39, 0.29) is 0 Å². The lowest BCUT2D eigenvalue weighted by Crippen LogP contribution is -2.14. The molecule has 0 atom stereocenters. The van der Waals surface area contributed by atoms with Crippen LogP contribution in [0.5, 0.6) is 0 Å². The van der Waals surface area contributed by atoms with Crippen molar-refractivity contribution < 1.29 is 8.78 Å². The van der Waals surface area contributed by atoms with Gasteiger partial charge in [-0.1, -0.05) is 23.2 Å². The van der Waals surface area contributed by atoms with Gasteiger partial charge in [0, 0.05) is 0 Å². The zero-order valence-electron chi connectivity index (χ0n) is 2.97. The second-order valence-corrected chi connectivity index (χ2v) is 3.00. The Bertz CT molecular complexity index is 59.2. The van der Waals surface area contributed by atoms with E-state index in [0.717, 1.165) is 0 Å². The minimum absolute atomic E-state index is 1.67. The van der Waals surface area contributed by atoms with Crippen LogP contribution in [0, 0.1) is 0 Å². The summed E-state index contributed by atoms with van der Waals surface area (Å²) in [5.74, 6) is 0. The van der Waals surface area contributed by atoms with Crippen LogP contribution in [0.25, 0.3) is 0 Å². The standard InChI is InChI=1S/C2HBrCl2F2/c3-2(6,7)1(4)5/h1H.